The molecule has 0 spiro atoms. The molecule has 0 unspecified atom stereocenters. The van der Waals surface area contributed by atoms with Crippen LogP contribution in [-0.4, -0.2) is 103 Å². The van der Waals surface area contributed by atoms with Crippen molar-refractivity contribution >= 4 is 79.1 Å². The smallest absolute Gasteiger partial charge is 0.444 e. The number of aliphatic imine (C=N–C) groups is 3. The van der Waals surface area contributed by atoms with Gasteiger partial charge < -0.3 is 31.6 Å². The van der Waals surface area contributed by atoms with E-state index in [9.17, 15) is 28.4 Å². The maximum Gasteiger partial charge on any atom is 0.446 e. The Morgan fingerprint density at radius 2 is 1.34 bits per heavy atom. The first-order valence-electron chi connectivity index (χ1n) is 19.4. The predicted octanol–water partition coefficient (Wildman–Crippen LogP) is 6.36. The van der Waals surface area contributed by atoms with Crippen LogP contribution in [0.3, 0.4) is 0 Å². The van der Waals surface area contributed by atoms with Gasteiger partial charge in [0.1, 0.15) is 22.8 Å². The van der Waals surface area contributed by atoms with Crippen molar-refractivity contribution in [2.45, 2.75) is 80.4 Å². The number of nitrogens with zero attached hydrogens (tertiary/aromatic N) is 9. The molecule has 0 aliphatic heterocycles. The lowest BCUT2D eigenvalue weighted by Gasteiger charge is -2.22. The zero-order chi connectivity index (χ0) is 48.6. The van der Waals surface area contributed by atoms with Crippen molar-refractivity contribution in [2.24, 2.45) is 26.4 Å². The minimum Gasteiger partial charge on any atom is -0.444 e. The molecule has 0 fully saturated rings. The fourth-order valence-corrected chi connectivity index (χ4v) is 5.59. The normalized spacial score (nSPS) is 11.1. The van der Waals surface area contributed by atoms with E-state index in [2.05, 4.69) is 98.5 Å². The molecule has 68 heavy (non-hydrogen) atoms. The second-order valence-electron chi connectivity index (χ2n) is 15.2. The number of carbonyl (C=O) groups excluding carboxylic acids is 2. The number of nitrogens with one attached hydrogen (secondary N) is 5. The van der Waals surface area contributed by atoms with E-state index in [1.54, 1.807) is 41.5 Å². The highest BCUT2D eigenvalue weighted by Crippen LogP contribution is 2.27. The number of rotatable bonds is 14. The molecule has 2 aromatic carbocycles. The van der Waals surface area contributed by atoms with Gasteiger partial charge in [-0.05, 0) is 143 Å². The Kier molecular flexibility index (Phi) is 22.1. The van der Waals surface area contributed by atoms with E-state index in [0.717, 1.165) is 4.57 Å². The molecule has 10 N–H and O–H groups in total. The van der Waals surface area contributed by atoms with Crippen molar-refractivity contribution in [3.63, 3.8) is 0 Å². The van der Waals surface area contributed by atoms with Crippen LogP contribution >= 0.6 is 31.9 Å². The summed E-state index contributed by atoms with van der Waals surface area (Å²) < 4.78 is 53.2. The maximum absolute atomic E-state index is 13.7. The molecule has 372 valence electrons. The van der Waals surface area contributed by atoms with E-state index in [4.69, 9.17) is 30.1 Å². The number of halogens is 4. The standard InChI is InChI=1S/C24H30BrFN8O7.C13H16BrFN8O2.2CH4/c1-23(2,3)38-20(35)29-19(30-21(36)39-24(4,5)6)28-11-7-10-27-17-16(31-41-32-17)18-33-40-22(37)34(18)13-8-9-15(26)14(25)12-13;14-8-6-7(2-3-9(8)15)20-12(21-24)10-11(23-25-22-10)18-4-1-5-19-13(16)17;;/h8-9,12H,7,10-11H2,1-6H3,(H,27,32)(H2,28,29,30,35,36);2-3,6,24H,1,4-5H2,(H,18,23)(H,20,21)(H4,16,17,19);2*1H4. The number of aromatic nitrogens is 6. The first kappa shape index (κ1) is 57.1. The Balaban J connectivity index is 0.000000505. The summed E-state index contributed by atoms with van der Waals surface area (Å²) in [4.78, 5) is 49.0. The second-order valence-corrected chi connectivity index (χ2v) is 16.9. The summed E-state index contributed by atoms with van der Waals surface area (Å²) in [5.41, 5.74) is 11.7. The Morgan fingerprint density at radius 1 is 0.794 bits per heavy atom. The zero-order valence-corrected chi connectivity index (χ0v) is 39.3. The molecule has 5 rings (SSSR count). The predicted molar refractivity (Wildman–Crippen MR) is 254 cm³/mol. The van der Waals surface area contributed by atoms with Gasteiger partial charge in [-0.2, -0.15) is 0 Å². The molecule has 5 aromatic rings. The summed E-state index contributed by atoms with van der Waals surface area (Å²) >= 11 is 6.15. The maximum atomic E-state index is 13.7. The minimum atomic E-state index is -0.829. The van der Waals surface area contributed by atoms with Crippen LogP contribution in [0.4, 0.5) is 35.7 Å². The number of hydrogen-bond donors (Lipinski definition) is 8. The van der Waals surface area contributed by atoms with Gasteiger partial charge >= 0.3 is 17.9 Å². The van der Waals surface area contributed by atoms with Gasteiger partial charge in [0, 0.05) is 26.2 Å². The van der Waals surface area contributed by atoms with Gasteiger partial charge in [-0.15, -0.1) is 0 Å². The number of carbonyl (C=O) groups is 2. The highest BCUT2D eigenvalue weighted by molar-refractivity contribution is 9.10. The first-order chi connectivity index (χ1) is 31.1. The van der Waals surface area contributed by atoms with Crippen LogP contribution in [0.1, 0.15) is 74.9 Å². The minimum absolute atomic E-state index is 0. The summed E-state index contributed by atoms with van der Waals surface area (Å²) in [5.74, 6) is -1.54. The first-order valence-corrected chi connectivity index (χ1v) is 20.9. The van der Waals surface area contributed by atoms with Crippen molar-refractivity contribution in [1.82, 2.24) is 46.5 Å². The number of amidine groups is 1. The number of nitrogens with two attached hydrogens (primary N) is 2. The van der Waals surface area contributed by atoms with Crippen LogP contribution in [0.25, 0.3) is 17.2 Å². The lowest BCUT2D eigenvalue weighted by atomic mass is 10.2. The number of ether oxygens (including phenoxy) is 2. The van der Waals surface area contributed by atoms with Crippen LogP contribution in [0.5, 0.6) is 0 Å². The SMILES string of the molecule is C.C.CC(C)(C)OC(=O)NC(=NCCCNc1nonc1-c1noc(=O)n1-c1ccc(F)c(Br)c1)NC(=O)OC(C)(C)C.NC(N)=NCCCNc1nonc1C(=Nc1ccc(F)c(Br)c1)NO. The summed E-state index contributed by atoms with van der Waals surface area (Å²) in [6, 6.07) is 8.05. The average Bonchev–Trinajstić information content (AvgIpc) is 3.98. The van der Waals surface area contributed by atoms with Crippen LogP contribution < -0.4 is 44.0 Å². The van der Waals surface area contributed by atoms with E-state index in [1.807, 2.05) is 5.48 Å². The quantitative estimate of drug-likeness (QED) is 0.0259. The summed E-state index contributed by atoms with van der Waals surface area (Å²) in [6.07, 6.45) is -0.599. The molecule has 3 heterocycles. The van der Waals surface area contributed by atoms with Gasteiger partial charge in [-0.3, -0.25) is 35.8 Å². The number of alkyl carbamates (subject to hydrolysis) is 2. The van der Waals surface area contributed by atoms with Crippen molar-refractivity contribution in [3.05, 3.63) is 73.2 Å². The van der Waals surface area contributed by atoms with Crippen LogP contribution in [-0.2, 0) is 9.47 Å². The van der Waals surface area contributed by atoms with E-state index in [-0.39, 0.29) is 89.2 Å². The summed E-state index contributed by atoms with van der Waals surface area (Å²) in [6.45, 7) is 11.5. The Hall–Kier alpha value is -7.01. The summed E-state index contributed by atoms with van der Waals surface area (Å²) in [7, 11) is 0. The second kappa shape index (κ2) is 26.4. The van der Waals surface area contributed by atoms with Crippen molar-refractivity contribution in [1.29, 1.82) is 0 Å². The third kappa shape index (κ3) is 18.3. The van der Waals surface area contributed by atoms with Crippen molar-refractivity contribution < 1.29 is 46.8 Å². The zero-order valence-electron chi connectivity index (χ0n) is 36.1. The Labute approximate surface area is 405 Å². The largest absolute Gasteiger partial charge is 0.446 e. The van der Waals surface area contributed by atoms with Gasteiger partial charge in [0.2, 0.25) is 23.4 Å². The van der Waals surface area contributed by atoms with Crippen LogP contribution in [0.2, 0.25) is 0 Å². The third-order valence-corrected chi connectivity index (χ3v) is 8.70. The number of anilines is 2. The van der Waals surface area contributed by atoms with Gasteiger partial charge in [-0.25, -0.2) is 42.0 Å². The van der Waals surface area contributed by atoms with Gasteiger partial charge in [-0.1, -0.05) is 20.0 Å². The van der Waals surface area contributed by atoms with Gasteiger partial charge in [0.05, 0.1) is 20.3 Å². The molecular formula is C39H54Br2F2N16O9. The van der Waals surface area contributed by atoms with E-state index >= 15 is 0 Å². The molecule has 0 saturated carbocycles. The molecule has 0 aliphatic carbocycles. The molecule has 0 atom stereocenters. The Bertz CT molecular complexity index is 2550. The molecule has 3 aromatic heterocycles. The fraction of sp³-hybridized carbons (Fsp3) is 0.410. The molecule has 0 aliphatic rings. The third-order valence-electron chi connectivity index (χ3n) is 7.49. The topological polar surface area (TPSA) is 348 Å². The van der Waals surface area contributed by atoms with E-state index in [1.165, 1.54) is 36.4 Å². The molecule has 0 bridgehead atoms. The highest BCUT2D eigenvalue weighted by atomic mass is 79.9. The lowest BCUT2D eigenvalue weighted by molar-refractivity contribution is 0.0544. The molecule has 25 nitrogen and oxygen atoms in total. The van der Waals surface area contributed by atoms with E-state index in [0.29, 0.717) is 31.6 Å². The highest BCUT2D eigenvalue weighted by Gasteiger charge is 2.24. The summed E-state index contributed by atoms with van der Waals surface area (Å²) in [5, 5.41) is 38.9. The number of guanidine groups is 2. The number of hydrogen-bond acceptors (Lipinski definition) is 19. The fourth-order valence-electron chi connectivity index (χ4n) is 4.86. The van der Waals surface area contributed by atoms with Gasteiger partial charge in [0.15, 0.2) is 23.2 Å². The average molecular weight is 1090 g/mol. The van der Waals surface area contributed by atoms with Crippen LogP contribution in [0, 0.1) is 11.6 Å². The number of amides is 2. The van der Waals surface area contributed by atoms with Gasteiger partial charge in [0.25, 0.3) is 0 Å². The number of benzene rings is 2. The monoisotopic (exact) mass is 1090 g/mol. The number of hydroxylamine groups is 1. The lowest BCUT2D eigenvalue weighted by Crippen LogP contribution is -2.47. The van der Waals surface area contributed by atoms with Crippen molar-refractivity contribution in [3.8, 4) is 17.2 Å². The van der Waals surface area contributed by atoms with Crippen LogP contribution in [0.15, 0.2) is 78.9 Å². The molecule has 0 radical (unpaired) electrons. The van der Waals surface area contributed by atoms with E-state index < -0.39 is 40.8 Å². The molecular weight excluding hydrogens is 1030 g/mol. The van der Waals surface area contributed by atoms with Crippen molar-refractivity contribution in [2.75, 3.05) is 36.8 Å². The molecule has 2 amide bonds. The Morgan fingerprint density at radius 3 is 1.90 bits per heavy atom. The molecule has 0 saturated heterocycles. The molecule has 29 heteroatoms.